The maximum Gasteiger partial charge on any atom is 0.227 e. The Morgan fingerprint density at radius 2 is 1.90 bits per heavy atom. The van der Waals surface area contributed by atoms with Gasteiger partial charge >= 0.3 is 0 Å². The Hall–Kier alpha value is -3.19. The number of nitrogens with one attached hydrogen (secondary N) is 2. The molecule has 154 valence electrons. The van der Waals surface area contributed by atoms with Crippen LogP contribution >= 0.6 is 11.6 Å². The molecule has 1 aliphatic rings. The molecule has 2 amide bonds. The first-order chi connectivity index (χ1) is 14.5. The molecule has 0 bridgehead atoms. The van der Waals surface area contributed by atoms with E-state index in [1.54, 1.807) is 17.0 Å². The molecule has 3 aromatic rings. The van der Waals surface area contributed by atoms with Crippen molar-refractivity contribution in [1.29, 1.82) is 0 Å². The highest BCUT2D eigenvalue weighted by atomic mass is 35.5. The SMILES string of the molecule is CC(=O)N[C@H]1C[C@@H](c2nc(-c3ccccc3)n[nH]2)N(C(=O)Cc2ccc(Cl)cc2)C1. The summed E-state index contributed by atoms with van der Waals surface area (Å²) in [5, 5.41) is 10.9. The van der Waals surface area contributed by atoms with E-state index in [9.17, 15) is 9.59 Å². The Kier molecular flexibility index (Phi) is 5.81. The van der Waals surface area contributed by atoms with Gasteiger partial charge in [0.1, 0.15) is 5.82 Å². The fraction of sp³-hybridized carbons (Fsp3) is 0.273. The summed E-state index contributed by atoms with van der Waals surface area (Å²) in [5.74, 6) is 1.05. The lowest BCUT2D eigenvalue weighted by molar-refractivity contribution is -0.131. The largest absolute Gasteiger partial charge is 0.352 e. The number of halogens is 1. The van der Waals surface area contributed by atoms with Crippen molar-refractivity contribution in [3.8, 4) is 11.4 Å². The third kappa shape index (κ3) is 4.52. The van der Waals surface area contributed by atoms with Gasteiger partial charge in [-0.25, -0.2) is 4.98 Å². The maximum atomic E-state index is 13.1. The number of nitrogens with zero attached hydrogens (tertiary/aromatic N) is 3. The Bertz CT molecular complexity index is 1040. The van der Waals surface area contributed by atoms with Crippen molar-refractivity contribution in [2.24, 2.45) is 0 Å². The summed E-state index contributed by atoms with van der Waals surface area (Å²) >= 11 is 5.94. The summed E-state index contributed by atoms with van der Waals surface area (Å²) in [7, 11) is 0. The highest BCUT2D eigenvalue weighted by Crippen LogP contribution is 2.32. The number of aromatic nitrogens is 3. The second-order valence-electron chi connectivity index (χ2n) is 7.41. The van der Waals surface area contributed by atoms with Crippen molar-refractivity contribution in [2.75, 3.05) is 6.54 Å². The van der Waals surface area contributed by atoms with E-state index in [-0.39, 0.29) is 30.3 Å². The molecule has 8 heteroatoms. The van der Waals surface area contributed by atoms with Crippen LogP contribution in [0.4, 0.5) is 0 Å². The first-order valence-electron chi connectivity index (χ1n) is 9.78. The van der Waals surface area contributed by atoms with Gasteiger partial charge in [0.25, 0.3) is 0 Å². The minimum absolute atomic E-state index is 0.0344. The lowest BCUT2D eigenvalue weighted by Gasteiger charge is -2.23. The van der Waals surface area contributed by atoms with Crippen LogP contribution in [-0.4, -0.2) is 44.5 Å². The van der Waals surface area contributed by atoms with E-state index in [2.05, 4.69) is 20.5 Å². The minimum Gasteiger partial charge on any atom is -0.352 e. The van der Waals surface area contributed by atoms with Crippen LogP contribution in [0.3, 0.4) is 0 Å². The molecule has 1 fully saturated rings. The number of carbonyl (C=O) groups is 2. The normalized spacial score (nSPS) is 18.4. The van der Waals surface area contributed by atoms with Gasteiger partial charge < -0.3 is 10.2 Å². The molecule has 1 aromatic heterocycles. The predicted octanol–water partition coefficient (Wildman–Crippen LogP) is 3.15. The molecule has 0 aliphatic carbocycles. The zero-order valence-electron chi connectivity index (χ0n) is 16.5. The first kappa shape index (κ1) is 20.1. The van der Waals surface area contributed by atoms with Crippen LogP contribution in [0.2, 0.25) is 5.02 Å². The summed E-state index contributed by atoms with van der Waals surface area (Å²) in [4.78, 5) is 31.1. The van der Waals surface area contributed by atoms with Crippen LogP contribution in [0.25, 0.3) is 11.4 Å². The second-order valence-corrected chi connectivity index (χ2v) is 7.85. The van der Waals surface area contributed by atoms with Crippen molar-refractivity contribution in [1.82, 2.24) is 25.4 Å². The maximum absolute atomic E-state index is 13.1. The molecular weight excluding hydrogens is 402 g/mol. The molecule has 2 N–H and O–H groups in total. The fourth-order valence-electron chi connectivity index (χ4n) is 3.78. The molecule has 0 unspecified atom stereocenters. The Morgan fingerprint density at radius 3 is 2.60 bits per heavy atom. The van der Waals surface area contributed by atoms with Gasteiger partial charge in [0, 0.05) is 30.1 Å². The number of hydrogen-bond acceptors (Lipinski definition) is 4. The number of rotatable bonds is 5. The van der Waals surface area contributed by atoms with Gasteiger partial charge in [0.15, 0.2) is 5.82 Å². The molecule has 0 saturated carbocycles. The van der Waals surface area contributed by atoms with Crippen molar-refractivity contribution in [3.63, 3.8) is 0 Å². The van der Waals surface area contributed by atoms with E-state index in [0.29, 0.717) is 29.6 Å². The Morgan fingerprint density at radius 1 is 1.17 bits per heavy atom. The van der Waals surface area contributed by atoms with Gasteiger partial charge in [-0.15, -0.1) is 0 Å². The third-order valence-electron chi connectivity index (χ3n) is 5.15. The lowest BCUT2D eigenvalue weighted by Crippen LogP contribution is -2.38. The van der Waals surface area contributed by atoms with Crippen LogP contribution in [0.1, 0.15) is 30.8 Å². The van der Waals surface area contributed by atoms with Gasteiger partial charge in [-0.05, 0) is 24.1 Å². The summed E-state index contributed by atoms with van der Waals surface area (Å²) < 4.78 is 0. The predicted molar refractivity (Wildman–Crippen MR) is 114 cm³/mol. The monoisotopic (exact) mass is 423 g/mol. The van der Waals surface area contributed by atoms with Gasteiger partial charge in [-0.1, -0.05) is 54.1 Å². The van der Waals surface area contributed by atoms with Crippen LogP contribution in [0, 0.1) is 0 Å². The summed E-state index contributed by atoms with van der Waals surface area (Å²) in [6, 6.07) is 16.5. The zero-order chi connectivity index (χ0) is 21.1. The Balaban J connectivity index is 1.57. The van der Waals surface area contributed by atoms with Crippen LogP contribution in [0.5, 0.6) is 0 Å². The average Bonchev–Trinajstić information content (AvgIpc) is 3.37. The molecule has 2 atom stereocenters. The number of likely N-dealkylation sites (tertiary alicyclic amines) is 1. The molecule has 30 heavy (non-hydrogen) atoms. The number of amides is 2. The van der Waals surface area contributed by atoms with E-state index in [1.165, 1.54) is 6.92 Å². The topological polar surface area (TPSA) is 91.0 Å². The number of H-pyrrole nitrogens is 1. The van der Waals surface area contributed by atoms with Crippen LogP contribution in [-0.2, 0) is 16.0 Å². The Labute approximate surface area is 179 Å². The molecule has 2 heterocycles. The van der Waals surface area contributed by atoms with E-state index in [0.717, 1.165) is 11.1 Å². The zero-order valence-corrected chi connectivity index (χ0v) is 17.3. The van der Waals surface area contributed by atoms with Crippen LogP contribution in [0.15, 0.2) is 54.6 Å². The summed E-state index contributed by atoms with van der Waals surface area (Å²) in [6.07, 6.45) is 0.829. The van der Waals surface area contributed by atoms with E-state index >= 15 is 0 Å². The van der Waals surface area contributed by atoms with Gasteiger partial charge in [-0.2, -0.15) is 5.10 Å². The molecule has 0 spiro atoms. The highest BCUT2D eigenvalue weighted by Gasteiger charge is 2.38. The highest BCUT2D eigenvalue weighted by molar-refractivity contribution is 6.30. The molecule has 1 saturated heterocycles. The van der Waals surface area contributed by atoms with Crippen molar-refractivity contribution >= 4 is 23.4 Å². The number of aromatic amines is 1. The fourth-order valence-corrected chi connectivity index (χ4v) is 3.91. The molecule has 0 radical (unpaired) electrons. The number of carbonyl (C=O) groups excluding carboxylic acids is 2. The third-order valence-corrected chi connectivity index (χ3v) is 5.40. The molecular formula is C22H22ClN5O2. The van der Waals surface area contributed by atoms with Gasteiger partial charge in [0.05, 0.1) is 12.5 Å². The molecule has 4 rings (SSSR count). The smallest absolute Gasteiger partial charge is 0.227 e. The van der Waals surface area contributed by atoms with E-state index < -0.39 is 0 Å². The standard InChI is InChI=1S/C22H22ClN5O2/c1-14(29)24-18-12-19(22-25-21(26-27-22)16-5-3-2-4-6-16)28(13-18)20(30)11-15-7-9-17(23)10-8-15/h2-10,18-19H,11-13H2,1H3,(H,24,29)(H,25,26,27)/t18-,19-/m0/s1. The summed E-state index contributed by atoms with van der Waals surface area (Å²) in [6.45, 7) is 1.91. The number of hydrogen-bond donors (Lipinski definition) is 2. The van der Waals surface area contributed by atoms with Gasteiger partial charge in [-0.3, -0.25) is 14.7 Å². The second kappa shape index (κ2) is 8.67. The van der Waals surface area contributed by atoms with Gasteiger partial charge in [0.2, 0.25) is 11.8 Å². The van der Waals surface area contributed by atoms with Crippen LogP contribution < -0.4 is 5.32 Å². The average molecular weight is 424 g/mol. The van der Waals surface area contributed by atoms with E-state index in [1.807, 2.05) is 42.5 Å². The van der Waals surface area contributed by atoms with Crippen molar-refractivity contribution in [3.05, 3.63) is 71.0 Å². The molecule has 2 aromatic carbocycles. The quantitative estimate of drug-likeness (QED) is 0.659. The van der Waals surface area contributed by atoms with Crippen molar-refractivity contribution < 1.29 is 9.59 Å². The lowest BCUT2D eigenvalue weighted by atomic mass is 10.1. The summed E-state index contributed by atoms with van der Waals surface area (Å²) in [5.41, 5.74) is 1.78. The minimum atomic E-state index is -0.286. The molecule has 1 aliphatic heterocycles. The molecule has 7 nitrogen and oxygen atoms in total. The number of benzene rings is 2. The van der Waals surface area contributed by atoms with E-state index in [4.69, 9.17) is 11.6 Å². The first-order valence-corrected chi connectivity index (χ1v) is 10.2. The van der Waals surface area contributed by atoms with Crippen molar-refractivity contribution in [2.45, 2.75) is 31.8 Å².